The van der Waals surface area contributed by atoms with E-state index in [-0.39, 0.29) is 6.61 Å². The third-order valence-corrected chi connectivity index (χ3v) is 2.40. The lowest BCUT2D eigenvalue weighted by atomic mass is 10.0. The minimum absolute atomic E-state index is 0.0849. The minimum atomic E-state index is -1.12. The number of aromatic nitrogens is 2. The zero-order valence-electron chi connectivity index (χ0n) is 10.2. The standard InChI is InChI=1S/C11H17N3O3/c1-8-4-13-9(5-12-8)6-14-11(2,7-17-3)10(15)16/h4-5,14H,6-7H2,1-3H3,(H,15,16). The number of carboxylic acid groups (broad SMARTS) is 1. The first kappa shape index (κ1) is 13.5. The lowest BCUT2D eigenvalue weighted by Crippen LogP contribution is -2.52. The van der Waals surface area contributed by atoms with E-state index in [1.165, 1.54) is 7.11 Å². The maximum atomic E-state index is 11.1. The van der Waals surface area contributed by atoms with Crippen LogP contribution in [-0.4, -0.2) is 40.3 Å². The van der Waals surface area contributed by atoms with E-state index in [0.717, 1.165) is 5.69 Å². The first-order valence-corrected chi connectivity index (χ1v) is 5.23. The molecule has 1 aromatic rings. The lowest BCUT2D eigenvalue weighted by molar-refractivity contribution is -0.146. The number of carbonyl (C=O) groups is 1. The molecule has 2 N–H and O–H groups in total. The Balaban J connectivity index is 2.64. The van der Waals surface area contributed by atoms with Gasteiger partial charge in [-0.05, 0) is 13.8 Å². The van der Waals surface area contributed by atoms with Gasteiger partial charge in [-0.15, -0.1) is 0 Å². The van der Waals surface area contributed by atoms with Crippen LogP contribution in [0.1, 0.15) is 18.3 Å². The summed E-state index contributed by atoms with van der Waals surface area (Å²) in [6.45, 7) is 3.83. The molecule has 0 spiro atoms. The molecule has 1 unspecified atom stereocenters. The number of nitrogens with zero attached hydrogens (tertiary/aromatic N) is 2. The Bertz CT molecular complexity index is 380. The molecule has 0 aliphatic heterocycles. The van der Waals surface area contributed by atoms with Gasteiger partial charge < -0.3 is 9.84 Å². The molecule has 0 amide bonds. The molecular formula is C11H17N3O3. The van der Waals surface area contributed by atoms with Gasteiger partial charge in [0.2, 0.25) is 0 Å². The molecule has 0 fully saturated rings. The molecule has 0 saturated carbocycles. The highest BCUT2D eigenvalue weighted by molar-refractivity contribution is 5.78. The molecule has 6 heteroatoms. The van der Waals surface area contributed by atoms with Crippen LogP contribution in [0, 0.1) is 6.92 Å². The summed E-state index contributed by atoms with van der Waals surface area (Å²) in [6, 6.07) is 0. The quantitative estimate of drug-likeness (QED) is 0.746. The Kier molecular flexibility index (Phi) is 4.53. The van der Waals surface area contributed by atoms with Crippen LogP contribution in [0.2, 0.25) is 0 Å². The van der Waals surface area contributed by atoms with Crippen molar-refractivity contribution in [2.75, 3.05) is 13.7 Å². The fourth-order valence-electron chi connectivity index (χ4n) is 1.27. The van der Waals surface area contributed by atoms with E-state index in [1.54, 1.807) is 19.3 Å². The molecule has 0 bridgehead atoms. The van der Waals surface area contributed by atoms with Crippen molar-refractivity contribution in [3.8, 4) is 0 Å². The van der Waals surface area contributed by atoms with Gasteiger partial charge in [-0.2, -0.15) is 0 Å². The first-order valence-electron chi connectivity index (χ1n) is 5.23. The van der Waals surface area contributed by atoms with Crippen LogP contribution in [0.25, 0.3) is 0 Å². The third-order valence-electron chi connectivity index (χ3n) is 2.40. The van der Waals surface area contributed by atoms with Crippen molar-refractivity contribution in [2.45, 2.75) is 25.9 Å². The van der Waals surface area contributed by atoms with Crippen LogP contribution in [0.4, 0.5) is 0 Å². The van der Waals surface area contributed by atoms with Crippen LogP contribution in [0.5, 0.6) is 0 Å². The molecule has 0 radical (unpaired) electrons. The molecule has 0 saturated heterocycles. The predicted octanol–water partition coefficient (Wildman–Crippen LogP) is 0.364. The van der Waals surface area contributed by atoms with E-state index in [9.17, 15) is 4.79 Å². The highest BCUT2D eigenvalue weighted by Gasteiger charge is 2.32. The lowest BCUT2D eigenvalue weighted by Gasteiger charge is -2.25. The topological polar surface area (TPSA) is 84.3 Å². The summed E-state index contributed by atoms with van der Waals surface area (Å²) < 4.78 is 4.90. The van der Waals surface area contributed by atoms with Crippen molar-refractivity contribution in [1.82, 2.24) is 15.3 Å². The van der Waals surface area contributed by atoms with Crippen molar-refractivity contribution < 1.29 is 14.6 Å². The average Bonchev–Trinajstić information content (AvgIpc) is 2.28. The zero-order chi connectivity index (χ0) is 12.9. The summed E-state index contributed by atoms with van der Waals surface area (Å²) >= 11 is 0. The van der Waals surface area contributed by atoms with Gasteiger partial charge in [0.25, 0.3) is 0 Å². The van der Waals surface area contributed by atoms with E-state index in [2.05, 4.69) is 15.3 Å². The monoisotopic (exact) mass is 239 g/mol. The number of ether oxygens (including phenoxy) is 1. The summed E-state index contributed by atoms with van der Waals surface area (Å²) in [7, 11) is 1.47. The molecule has 0 aliphatic rings. The van der Waals surface area contributed by atoms with Gasteiger partial charge in [0, 0.05) is 26.0 Å². The second kappa shape index (κ2) is 5.70. The van der Waals surface area contributed by atoms with E-state index in [0.29, 0.717) is 12.2 Å². The molecule has 0 aromatic carbocycles. The normalized spacial score (nSPS) is 14.3. The zero-order valence-corrected chi connectivity index (χ0v) is 10.2. The second-order valence-electron chi connectivity index (χ2n) is 4.07. The van der Waals surface area contributed by atoms with E-state index >= 15 is 0 Å². The summed E-state index contributed by atoms with van der Waals surface area (Å²) in [5, 5.41) is 12.0. The van der Waals surface area contributed by atoms with E-state index < -0.39 is 11.5 Å². The first-order chi connectivity index (χ1) is 7.98. The second-order valence-corrected chi connectivity index (χ2v) is 4.07. The number of nitrogens with one attached hydrogen (secondary N) is 1. The smallest absolute Gasteiger partial charge is 0.326 e. The number of hydrogen-bond donors (Lipinski definition) is 2. The largest absolute Gasteiger partial charge is 0.480 e. The SMILES string of the molecule is COCC(C)(NCc1cnc(C)cn1)C(=O)O. The summed E-state index contributed by atoms with van der Waals surface area (Å²) in [6.07, 6.45) is 3.27. The number of aliphatic carboxylic acids is 1. The molecule has 1 aromatic heterocycles. The van der Waals surface area contributed by atoms with Crippen molar-refractivity contribution in [3.63, 3.8) is 0 Å². The summed E-state index contributed by atoms with van der Waals surface area (Å²) in [4.78, 5) is 19.3. The Hall–Kier alpha value is -1.53. The molecule has 94 valence electrons. The fourth-order valence-corrected chi connectivity index (χ4v) is 1.27. The number of methoxy groups -OCH3 is 1. The predicted molar refractivity (Wildman–Crippen MR) is 61.5 cm³/mol. The van der Waals surface area contributed by atoms with Crippen LogP contribution >= 0.6 is 0 Å². The van der Waals surface area contributed by atoms with Crippen molar-refractivity contribution >= 4 is 5.97 Å². The van der Waals surface area contributed by atoms with Crippen molar-refractivity contribution in [1.29, 1.82) is 0 Å². The van der Waals surface area contributed by atoms with E-state index in [1.807, 2.05) is 6.92 Å². The van der Waals surface area contributed by atoms with Crippen molar-refractivity contribution in [2.24, 2.45) is 0 Å². The third kappa shape index (κ3) is 3.76. The highest BCUT2D eigenvalue weighted by atomic mass is 16.5. The fraction of sp³-hybridized carbons (Fsp3) is 0.545. The van der Waals surface area contributed by atoms with Gasteiger partial charge in [0.05, 0.1) is 18.0 Å². The molecule has 1 heterocycles. The molecule has 1 rings (SSSR count). The average molecular weight is 239 g/mol. The van der Waals surface area contributed by atoms with Crippen molar-refractivity contribution in [3.05, 3.63) is 23.8 Å². The highest BCUT2D eigenvalue weighted by Crippen LogP contribution is 2.06. The van der Waals surface area contributed by atoms with E-state index in [4.69, 9.17) is 9.84 Å². The number of carboxylic acids is 1. The number of hydrogen-bond acceptors (Lipinski definition) is 5. The molecule has 17 heavy (non-hydrogen) atoms. The Morgan fingerprint density at radius 2 is 2.24 bits per heavy atom. The van der Waals surface area contributed by atoms with Gasteiger partial charge in [-0.3, -0.25) is 20.1 Å². The Morgan fingerprint density at radius 3 is 2.71 bits per heavy atom. The minimum Gasteiger partial charge on any atom is -0.480 e. The molecule has 6 nitrogen and oxygen atoms in total. The van der Waals surface area contributed by atoms with Gasteiger partial charge in [0.1, 0.15) is 5.54 Å². The molecule has 1 atom stereocenters. The summed E-state index contributed by atoms with van der Waals surface area (Å²) in [5.74, 6) is -0.959. The summed E-state index contributed by atoms with van der Waals surface area (Å²) in [5.41, 5.74) is 0.396. The molecular weight excluding hydrogens is 222 g/mol. The Labute approximate surface area is 100 Å². The number of rotatable bonds is 6. The van der Waals surface area contributed by atoms with Gasteiger partial charge >= 0.3 is 5.97 Å². The van der Waals surface area contributed by atoms with Gasteiger partial charge in [-0.25, -0.2) is 0 Å². The van der Waals surface area contributed by atoms with Gasteiger partial charge in [-0.1, -0.05) is 0 Å². The maximum absolute atomic E-state index is 11.1. The molecule has 0 aliphatic carbocycles. The van der Waals surface area contributed by atoms with Crippen LogP contribution in [0.3, 0.4) is 0 Å². The van der Waals surface area contributed by atoms with Gasteiger partial charge in [0.15, 0.2) is 0 Å². The van der Waals surface area contributed by atoms with Crippen LogP contribution < -0.4 is 5.32 Å². The van der Waals surface area contributed by atoms with Crippen LogP contribution in [-0.2, 0) is 16.1 Å². The van der Waals surface area contributed by atoms with Crippen LogP contribution in [0.15, 0.2) is 12.4 Å². The Morgan fingerprint density at radius 1 is 1.53 bits per heavy atom. The number of aryl methyl sites for hydroxylation is 1. The maximum Gasteiger partial charge on any atom is 0.326 e.